The summed E-state index contributed by atoms with van der Waals surface area (Å²) >= 11 is 0. The minimum Gasteiger partial charge on any atom is -0.478 e. The molecule has 114 valence electrons. The lowest BCUT2D eigenvalue weighted by Crippen LogP contribution is -2.30. The molecule has 0 radical (unpaired) electrons. The van der Waals surface area contributed by atoms with Crippen LogP contribution in [0.4, 0.5) is 0 Å². The highest BCUT2D eigenvalue weighted by molar-refractivity contribution is 5.94. The average Bonchev–Trinajstić information content (AvgIpc) is 3.05. The largest absolute Gasteiger partial charge is 0.478 e. The lowest BCUT2D eigenvalue weighted by Gasteiger charge is -2.25. The van der Waals surface area contributed by atoms with Crippen LogP contribution in [-0.4, -0.2) is 28.9 Å². The molecule has 22 heavy (non-hydrogen) atoms. The van der Waals surface area contributed by atoms with Crippen molar-refractivity contribution in [1.29, 1.82) is 0 Å². The number of amides is 1. The van der Waals surface area contributed by atoms with Crippen LogP contribution in [0.15, 0.2) is 48.7 Å². The molecule has 1 atom stereocenters. The molecule has 3 rings (SSSR count). The highest BCUT2D eigenvalue weighted by atomic mass is 16.5. The van der Waals surface area contributed by atoms with Gasteiger partial charge in [0.1, 0.15) is 0 Å². The van der Waals surface area contributed by atoms with E-state index in [1.54, 1.807) is 0 Å². The molecule has 1 fully saturated rings. The summed E-state index contributed by atoms with van der Waals surface area (Å²) in [7, 11) is 0. The number of nitrogens with zero attached hydrogens (tertiary/aromatic N) is 2. The van der Waals surface area contributed by atoms with Crippen LogP contribution in [-0.2, 0) is 0 Å². The van der Waals surface area contributed by atoms with Crippen molar-refractivity contribution in [3.8, 4) is 5.88 Å². The fourth-order valence-electron chi connectivity index (χ4n) is 2.93. The van der Waals surface area contributed by atoms with Crippen molar-refractivity contribution in [3.63, 3.8) is 0 Å². The van der Waals surface area contributed by atoms with E-state index in [0.29, 0.717) is 12.5 Å². The van der Waals surface area contributed by atoms with Crippen LogP contribution in [0.2, 0.25) is 0 Å². The Morgan fingerprint density at radius 3 is 2.77 bits per heavy atom. The Hall–Kier alpha value is -2.36. The van der Waals surface area contributed by atoms with Gasteiger partial charge in [0.15, 0.2) is 0 Å². The first-order valence-corrected chi connectivity index (χ1v) is 7.74. The fourth-order valence-corrected chi connectivity index (χ4v) is 2.93. The molecule has 2 heterocycles. The number of ether oxygens (including phenoxy) is 1. The van der Waals surface area contributed by atoms with Crippen LogP contribution in [0.1, 0.15) is 41.7 Å². The Morgan fingerprint density at radius 2 is 2.09 bits per heavy atom. The number of carbonyl (C=O) groups excluding carboxylic acids is 1. The van der Waals surface area contributed by atoms with Gasteiger partial charge >= 0.3 is 0 Å². The number of likely N-dealkylation sites (tertiary alicyclic amines) is 1. The van der Waals surface area contributed by atoms with E-state index in [0.717, 1.165) is 30.5 Å². The Kier molecular flexibility index (Phi) is 4.37. The maximum absolute atomic E-state index is 12.7. The summed E-state index contributed by atoms with van der Waals surface area (Å²) in [6.45, 7) is 3.34. The third-order valence-electron chi connectivity index (χ3n) is 3.97. The summed E-state index contributed by atoms with van der Waals surface area (Å²) in [5, 5.41) is 0. The Balaban J connectivity index is 1.79. The lowest BCUT2D eigenvalue weighted by atomic mass is 10.1. The van der Waals surface area contributed by atoms with Gasteiger partial charge < -0.3 is 9.64 Å². The topological polar surface area (TPSA) is 42.4 Å². The Labute approximate surface area is 130 Å². The zero-order valence-electron chi connectivity index (χ0n) is 12.7. The molecule has 4 heteroatoms. The van der Waals surface area contributed by atoms with Gasteiger partial charge in [0.2, 0.25) is 5.88 Å². The SMILES string of the molecule is CCOc1ccc(C2CCCN2C(=O)c2ccccc2)cn1. The van der Waals surface area contributed by atoms with E-state index >= 15 is 0 Å². The van der Waals surface area contributed by atoms with Gasteiger partial charge in [-0.25, -0.2) is 4.98 Å². The molecular weight excluding hydrogens is 276 g/mol. The normalized spacial score (nSPS) is 17.5. The molecule has 1 saturated heterocycles. The second kappa shape index (κ2) is 6.60. The predicted molar refractivity (Wildman–Crippen MR) is 84.9 cm³/mol. The molecule has 4 nitrogen and oxygen atoms in total. The second-order valence-corrected chi connectivity index (χ2v) is 5.39. The second-order valence-electron chi connectivity index (χ2n) is 5.39. The molecule has 1 aromatic heterocycles. The molecule has 1 amide bonds. The first kappa shape index (κ1) is 14.6. The molecule has 1 aromatic carbocycles. The summed E-state index contributed by atoms with van der Waals surface area (Å²) in [5.41, 5.74) is 1.82. The summed E-state index contributed by atoms with van der Waals surface area (Å²) in [6.07, 6.45) is 3.83. The molecule has 1 aliphatic heterocycles. The van der Waals surface area contributed by atoms with E-state index in [1.807, 2.05) is 60.5 Å². The van der Waals surface area contributed by atoms with Crippen molar-refractivity contribution in [2.45, 2.75) is 25.8 Å². The Morgan fingerprint density at radius 1 is 1.27 bits per heavy atom. The molecule has 2 aromatic rings. The molecule has 1 unspecified atom stereocenters. The lowest BCUT2D eigenvalue weighted by molar-refractivity contribution is 0.0735. The van der Waals surface area contributed by atoms with E-state index in [-0.39, 0.29) is 11.9 Å². The van der Waals surface area contributed by atoms with Gasteiger partial charge in [-0.3, -0.25) is 4.79 Å². The van der Waals surface area contributed by atoms with Crippen LogP contribution in [0.5, 0.6) is 5.88 Å². The average molecular weight is 296 g/mol. The van der Waals surface area contributed by atoms with Crippen molar-refractivity contribution in [3.05, 3.63) is 59.8 Å². The van der Waals surface area contributed by atoms with Crippen LogP contribution in [0.25, 0.3) is 0 Å². The van der Waals surface area contributed by atoms with E-state index in [1.165, 1.54) is 0 Å². The van der Waals surface area contributed by atoms with Gasteiger partial charge in [-0.1, -0.05) is 24.3 Å². The van der Waals surface area contributed by atoms with Gasteiger partial charge in [0, 0.05) is 24.4 Å². The minimum atomic E-state index is 0.0944. The van der Waals surface area contributed by atoms with Gasteiger partial charge in [0.25, 0.3) is 5.91 Å². The first-order chi connectivity index (χ1) is 10.8. The number of hydrogen-bond acceptors (Lipinski definition) is 3. The van der Waals surface area contributed by atoms with Gasteiger partial charge in [-0.15, -0.1) is 0 Å². The van der Waals surface area contributed by atoms with Gasteiger partial charge in [-0.2, -0.15) is 0 Å². The van der Waals surface area contributed by atoms with Crippen LogP contribution in [0.3, 0.4) is 0 Å². The van der Waals surface area contributed by atoms with Gasteiger partial charge in [-0.05, 0) is 37.5 Å². The molecule has 0 N–H and O–H groups in total. The number of carbonyl (C=O) groups is 1. The minimum absolute atomic E-state index is 0.0944. The highest BCUT2D eigenvalue weighted by Crippen LogP contribution is 2.33. The summed E-state index contributed by atoms with van der Waals surface area (Å²) < 4.78 is 5.38. The third-order valence-corrected chi connectivity index (χ3v) is 3.97. The standard InChI is InChI=1S/C18H20N2O2/c1-2-22-17-11-10-15(13-19-17)16-9-6-12-20(16)18(21)14-7-4-3-5-8-14/h3-5,7-8,10-11,13,16H,2,6,9,12H2,1H3. The summed E-state index contributed by atoms with van der Waals surface area (Å²) in [6, 6.07) is 13.5. The highest BCUT2D eigenvalue weighted by Gasteiger charge is 2.30. The Bertz CT molecular complexity index is 625. The van der Waals surface area contributed by atoms with Crippen LogP contribution in [0, 0.1) is 0 Å². The van der Waals surface area contributed by atoms with E-state index in [2.05, 4.69) is 4.98 Å². The summed E-state index contributed by atoms with van der Waals surface area (Å²) in [5.74, 6) is 0.724. The van der Waals surface area contributed by atoms with E-state index < -0.39 is 0 Å². The number of benzene rings is 1. The van der Waals surface area contributed by atoms with Crippen molar-refractivity contribution < 1.29 is 9.53 Å². The number of pyridine rings is 1. The van der Waals surface area contributed by atoms with Crippen LogP contribution >= 0.6 is 0 Å². The summed E-state index contributed by atoms with van der Waals surface area (Å²) in [4.78, 5) is 19.0. The maximum Gasteiger partial charge on any atom is 0.254 e. The van der Waals surface area contributed by atoms with E-state index in [4.69, 9.17) is 4.74 Å². The number of hydrogen-bond donors (Lipinski definition) is 0. The molecule has 0 spiro atoms. The van der Waals surface area contributed by atoms with Crippen molar-refractivity contribution in [2.24, 2.45) is 0 Å². The first-order valence-electron chi connectivity index (χ1n) is 7.74. The quantitative estimate of drug-likeness (QED) is 0.867. The predicted octanol–water partition coefficient (Wildman–Crippen LogP) is 3.46. The zero-order chi connectivity index (χ0) is 15.4. The smallest absolute Gasteiger partial charge is 0.254 e. The molecular formula is C18H20N2O2. The number of rotatable bonds is 4. The monoisotopic (exact) mass is 296 g/mol. The number of aromatic nitrogens is 1. The molecule has 1 aliphatic rings. The molecule has 0 bridgehead atoms. The molecule has 0 aliphatic carbocycles. The zero-order valence-corrected chi connectivity index (χ0v) is 12.7. The van der Waals surface area contributed by atoms with Crippen molar-refractivity contribution in [2.75, 3.05) is 13.2 Å². The van der Waals surface area contributed by atoms with Gasteiger partial charge in [0.05, 0.1) is 12.6 Å². The van der Waals surface area contributed by atoms with Crippen LogP contribution < -0.4 is 4.74 Å². The fraction of sp³-hybridized carbons (Fsp3) is 0.333. The third kappa shape index (κ3) is 2.96. The van der Waals surface area contributed by atoms with Crippen molar-refractivity contribution in [1.82, 2.24) is 9.88 Å². The maximum atomic E-state index is 12.7. The van der Waals surface area contributed by atoms with Crippen molar-refractivity contribution >= 4 is 5.91 Å². The molecule has 0 saturated carbocycles. The van der Waals surface area contributed by atoms with E-state index in [9.17, 15) is 4.79 Å².